The molecule has 86 valence electrons. The number of rotatable bonds is 3. The van der Waals surface area contributed by atoms with Crippen LogP contribution in [0.4, 0.5) is 0 Å². The summed E-state index contributed by atoms with van der Waals surface area (Å²) in [5.41, 5.74) is 0.806. The highest BCUT2D eigenvalue weighted by atomic mass is 35.5. The number of carbonyl (C=O) groups is 1. The summed E-state index contributed by atoms with van der Waals surface area (Å²) in [7, 11) is 0. The van der Waals surface area contributed by atoms with E-state index in [1.807, 2.05) is 24.3 Å². The fraction of sp³-hybridized carbons (Fsp3) is 0.417. The summed E-state index contributed by atoms with van der Waals surface area (Å²) in [6.07, 6.45) is 2.18. The summed E-state index contributed by atoms with van der Waals surface area (Å²) in [5.74, 6) is 0.155. The largest absolute Gasteiger partial charge is 0.326 e. The molecule has 0 saturated carbocycles. The Balaban J connectivity index is 2.01. The number of carbonyl (C=O) groups excluding carboxylic acids is 1. The van der Waals surface area contributed by atoms with Crippen molar-refractivity contribution in [2.24, 2.45) is 0 Å². The molecule has 4 heteroatoms. The first-order valence-electron chi connectivity index (χ1n) is 5.35. The highest BCUT2D eigenvalue weighted by Crippen LogP contribution is 2.20. The molecule has 1 aliphatic rings. The predicted octanol–water partition coefficient (Wildman–Crippen LogP) is 3.07. The molecule has 1 amide bonds. The van der Waals surface area contributed by atoms with E-state index < -0.39 is 0 Å². The molecule has 1 aromatic carbocycles. The zero-order chi connectivity index (χ0) is 11.5. The molecule has 1 heterocycles. The van der Waals surface area contributed by atoms with Gasteiger partial charge in [0.1, 0.15) is 5.50 Å². The number of amides is 1. The van der Waals surface area contributed by atoms with Crippen LogP contribution < -0.4 is 0 Å². The van der Waals surface area contributed by atoms with Gasteiger partial charge in [0.25, 0.3) is 0 Å². The highest BCUT2D eigenvalue weighted by Gasteiger charge is 2.26. The van der Waals surface area contributed by atoms with Crippen molar-refractivity contribution in [2.75, 3.05) is 6.54 Å². The average Bonchev–Trinajstić information content (AvgIpc) is 2.64. The lowest BCUT2D eigenvalue weighted by atomic mass is 10.1. The van der Waals surface area contributed by atoms with Crippen LogP contribution in [0.2, 0.25) is 5.02 Å². The Labute approximate surface area is 105 Å². The Morgan fingerprint density at radius 1 is 1.44 bits per heavy atom. The molecule has 0 aliphatic carbocycles. The van der Waals surface area contributed by atoms with Gasteiger partial charge >= 0.3 is 0 Å². The van der Waals surface area contributed by atoms with E-state index >= 15 is 0 Å². The molecule has 1 saturated heterocycles. The zero-order valence-corrected chi connectivity index (χ0v) is 10.3. The first kappa shape index (κ1) is 11.7. The van der Waals surface area contributed by atoms with Gasteiger partial charge in [0.05, 0.1) is 0 Å². The third-order valence-electron chi connectivity index (χ3n) is 2.74. The third kappa shape index (κ3) is 2.69. The van der Waals surface area contributed by atoms with Gasteiger partial charge in [-0.2, -0.15) is 0 Å². The summed E-state index contributed by atoms with van der Waals surface area (Å²) in [5, 5.41) is 0.703. The van der Waals surface area contributed by atoms with E-state index in [9.17, 15) is 4.79 Å². The van der Waals surface area contributed by atoms with E-state index in [4.69, 9.17) is 23.2 Å². The van der Waals surface area contributed by atoms with E-state index in [-0.39, 0.29) is 11.4 Å². The fourth-order valence-electron chi connectivity index (χ4n) is 1.93. The van der Waals surface area contributed by atoms with Crippen molar-refractivity contribution < 1.29 is 4.79 Å². The van der Waals surface area contributed by atoms with Crippen LogP contribution >= 0.6 is 23.2 Å². The second-order valence-corrected chi connectivity index (χ2v) is 4.90. The predicted molar refractivity (Wildman–Crippen MR) is 65.7 cm³/mol. The Bertz CT molecular complexity index is 394. The molecule has 1 aliphatic heterocycles. The molecular formula is C12H13Cl2NO. The number of halogens is 2. The normalized spacial score (nSPS) is 17.9. The van der Waals surface area contributed by atoms with Crippen LogP contribution in [0.15, 0.2) is 24.3 Å². The summed E-state index contributed by atoms with van der Waals surface area (Å²) in [6, 6.07) is 7.58. The summed E-state index contributed by atoms with van der Waals surface area (Å²) >= 11 is 12.1. The van der Waals surface area contributed by atoms with Gasteiger partial charge in [-0.25, -0.2) is 0 Å². The minimum atomic E-state index is -0.256. The standard InChI is InChI=1S/C12H13Cl2NO/c13-10-4-1-3-9(7-10)8-11(14)15-6-2-5-12(15)16/h1,3-4,7,11H,2,5-6,8H2. The average molecular weight is 258 g/mol. The van der Waals surface area contributed by atoms with E-state index in [0.717, 1.165) is 18.5 Å². The minimum absolute atomic E-state index is 0.155. The maximum atomic E-state index is 11.5. The molecule has 0 aromatic heterocycles. The zero-order valence-electron chi connectivity index (χ0n) is 8.83. The van der Waals surface area contributed by atoms with Gasteiger partial charge in [-0.1, -0.05) is 35.3 Å². The smallest absolute Gasteiger partial charge is 0.223 e. The second-order valence-electron chi connectivity index (χ2n) is 3.96. The molecule has 1 atom stereocenters. The number of hydrogen-bond acceptors (Lipinski definition) is 1. The van der Waals surface area contributed by atoms with Crippen molar-refractivity contribution in [1.29, 1.82) is 0 Å². The van der Waals surface area contributed by atoms with Gasteiger partial charge < -0.3 is 4.90 Å². The van der Waals surface area contributed by atoms with Gasteiger partial charge in [0.2, 0.25) is 5.91 Å². The lowest BCUT2D eigenvalue weighted by Crippen LogP contribution is -2.33. The maximum absolute atomic E-state index is 11.5. The molecule has 1 fully saturated rings. The van der Waals surface area contributed by atoms with Crippen LogP contribution in [-0.4, -0.2) is 22.9 Å². The number of alkyl halides is 1. The second kappa shape index (κ2) is 5.07. The van der Waals surface area contributed by atoms with Crippen LogP contribution in [0.5, 0.6) is 0 Å². The molecule has 16 heavy (non-hydrogen) atoms. The van der Waals surface area contributed by atoms with Crippen LogP contribution in [-0.2, 0) is 11.2 Å². The van der Waals surface area contributed by atoms with E-state index in [2.05, 4.69) is 0 Å². The first-order chi connectivity index (χ1) is 7.66. The summed E-state index contributed by atoms with van der Waals surface area (Å²) < 4.78 is 0. The summed E-state index contributed by atoms with van der Waals surface area (Å²) in [6.45, 7) is 0.771. The van der Waals surface area contributed by atoms with Crippen molar-refractivity contribution in [3.63, 3.8) is 0 Å². The molecule has 0 spiro atoms. The van der Waals surface area contributed by atoms with Gasteiger partial charge in [-0.15, -0.1) is 0 Å². The SMILES string of the molecule is O=C1CCCN1C(Cl)Cc1cccc(Cl)c1. The van der Waals surface area contributed by atoms with Crippen molar-refractivity contribution in [3.05, 3.63) is 34.9 Å². The van der Waals surface area contributed by atoms with Crippen LogP contribution in [0.25, 0.3) is 0 Å². The Kier molecular flexibility index (Phi) is 3.72. The van der Waals surface area contributed by atoms with Gasteiger partial charge in [0.15, 0.2) is 0 Å². The molecule has 2 nitrogen and oxygen atoms in total. The summed E-state index contributed by atoms with van der Waals surface area (Å²) in [4.78, 5) is 13.2. The van der Waals surface area contributed by atoms with E-state index in [0.29, 0.717) is 17.9 Å². The third-order valence-corrected chi connectivity index (χ3v) is 3.37. The van der Waals surface area contributed by atoms with Crippen molar-refractivity contribution in [2.45, 2.75) is 24.8 Å². The van der Waals surface area contributed by atoms with Crippen LogP contribution in [0.1, 0.15) is 18.4 Å². The molecule has 1 unspecified atom stereocenters. The molecular weight excluding hydrogens is 245 g/mol. The molecule has 0 radical (unpaired) electrons. The van der Waals surface area contributed by atoms with E-state index in [1.165, 1.54) is 0 Å². The van der Waals surface area contributed by atoms with Crippen molar-refractivity contribution >= 4 is 29.1 Å². The Morgan fingerprint density at radius 2 is 2.25 bits per heavy atom. The lowest BCUT2D eigenvalue weighted by molar-refractivity contribution is -0.128. The van der Waals surface area contributed by atoms with Crippen LogP contribution in [0, 0.1) is 0 Å². The highest BCUT2D eigenvalue weighted by molar-refractivity contribution is 6.30. The van der Waals surface area contributed by atoms with Crippen molar-refractivity contribution in [3.8, 4) is 0 Å². The first-order valence-corrected chi connectivity index (χ1v) is 6.16. The number of hydrogen-bond donors (Lipinski definition) is 0. The van der Waals surface area contributed by atoms with Crippen LogP contribution in [0.3, 0.4) is 0 Å². The Hall–Kier alpha value is -0.730. The topological polar surface area (TPSA) is 20.3 Å². The Morgan fingerprint density at radius 3 is 2.88 bits per heavy atom. The monoisotopic (exact) mass is 257 g/mol. The van der Waals surface area contributed by atoms with E-state index in [1.54, 1.807) is 4.90 Å². The molecule has 2 rings (SSSR count). The molecule has 0 bridgehead atoms. The fourth-order valence-corrected chi connectivity index (χ4v) is 2.53. The number of likely N-dealkylation sites (tertiary alicyclic amines) is 1. The molecule has 1 aromatic rings. The van der Waals surface area contributed by atoms with Gasteiger partial charge in [0, 0.05) is 24.4 Å². The quantitative estimate of drug-likeness (QED) is 0.602. The maximum Gasteiger partial charge on any atom is 0.223 e. The number of benzene rings is 1. The van der Waals surface area contributed by atoms with Crippen molar-refractivity contribution in [1.82, 2.24) is 4.90 Å². The van der Waals surface area contributed by atoms with Gasteiger partial charge in [-0.05, 0) is 24.1 Å². The van der Waals surface area contributed by atoms with Gasteiger partial charge in [-0.3, -0.25) is 4.79 Å². The minimum Gasteiger partial charge on any atom is -0.326 e. The number of nitrogens with zero attached hydrogens (tertiary/aromatic N) is 1. The lowest BCUT2D eigenvalue weighted by Gasteiger charge is -2.22. The molecule has 0 N–H and O–H groups in total.